The van der Waals surface area contributed by atoms with Crippen LogP contribution in [0.15, 0.2) is 24.3 Å². The van der Waals surface area contributed by atoms with Crippen molar-refractivity contribution < 1.29 is 4.74 Å². The Morgan fingerprint density at radius 3 is 2.57 bits per heavy atom. The van der Waals surface area contributed by atoms with E-state index in [0.717, 1.165) is 44.8 Å². The summed E-state index contributed by atoms with van der Waals surface area (Å²) in [6.07, 6.45) is 2.57. The first-order chi connectivity index (χ1) is 10.2. The largest absolute Gasteiger partial charge is 0.376 e. The van der Waals surface area contributed by atoms with Crippen molar-refractivity contribution in [1.29, 1.82) is 0 Å². The average Bonchev–Trinajstić information content (AvgIpc) is 3.01. The van der Waals surface area contributed by atoms with Gasteiger partial charge in [0.05, 0.1) is 6.10 Å². The van der Waals surface area contributed by atoms with Crippen LogP contribution >= 0.6 is 12.2 Å². The fourth-order valence-corrected chi connectivity index (χ4v) is 2.73. The third kappa shape index (κ3) is 4.86. The Morgan fingerprint density at radius 2 is 2.00 bits per heavy atom. The van der Waals surface area contributed by atoms with Crippen molar-refractivity contribution in [3.8, 4) is 0 Å². The molecule has 5 heteroatoms. The summed E-state index contributed by atoms with van der Waals surface area (Å²) < 4.78 is 5.56. The SMILES string of the molecule is CCN(CC)c1ccc(NC(=S)NCC2CCCO2)cc1. The minimum absolute atomic E-state index is 0.301. The Labute approximate surface area is 132 Å². The van der Waals surface area contributed by atoms with E-state index in [4.69, 9.17) is 17.0 Å². The molecular weight excluding hydrogens is 282 g/mol. The van der Waals surface area contributed by atoms with Gasteiger partial charge in [-0.25, -0.2) is 0 Å². The second kappa shape index (κ2) is 8.20. The standard InChI is InChI=1S/C16H25N3OS/c1-3-19(4-2)14-9-7-13(8-10-14)18-16(21)17-12-15-6-5-11-20-15/h7-10,15H,3-6,11-12H2,1-2H3,(H2,17,18,21). The maximum Gasteiger partial charge on any atom is 0.170 e. The Kier molecular flexibility index (Phi) is 6.26. The number of hydrogen-bond donors (Lipinski definition) is 2. The molecule has 116 valence electrons. The zero-order valence-corrected chi connectivity index (χ0v) is 13.7. The minimum atomic E-state index is 0.301. The number of hydrogen-bond acceptors (Lipinski definition) is 3. The van der Waals surface area contributed by atoms with E-state index in [9.17, 15) is 0 Å². The van der Waals surface area contributed by atoms with Gasteiger partial charge in [0.1, 0.15) is 0 Å². The van der Waals surface area contributed by atoms with Gasteiger partial charge in [-0.2, -0.15) is 0 Å². The number of anilines is 2. The van der Waals surface area contributed by atoms with Crippen LogP contribution in [0.3, 0.4) is 0 Å². The molecule has 0 radical (unpaired) electrons. The highest BCUT2D eigenvalue weighted by Gasteiger charge is 2.15. The first kappa shape index (κ1) is 16.0. The highest BCUT2D eigenvalue weighted by molar-refractivity contribution is 7.80. The molecule has 4 nitrogen and oxygen atoms in total. The van der Waals surface area contributed by atoms with Gasteiger partial charge in [-0.05, 0) is 63.2 Å². The third-order valence-corrected chi connectivity index (χ3v) is 4.01. The maximum atomic E-state index is 5.56. The molecule has 0 saturated carbocycles. The van der Waals surface area contributed by atoms with Crippen LogP contribution in [0.5, 0.6) is 0 Å². The van der Waals surface area contributed by atoms with Gasteiger partial charge in [0.2, 0.25) is 0 Å². The van der Waals surface area contributed by atoms with E-state index in [-0.39, 0.29) is 0 Å². The Hall–Kier alpha value is -1.33. The summed E-state index contributed by atoms with van der Waals surface area (Å²) in [6, 6.07) is 8.37. The summed E-state index contributed by atoms with van der Waals surface area (Å²) in [5, 5.41) is 7.09. The predicted molar refractivity (Wildman–Crippen MR) is 93.2 cm³/mol. The summed E-state index contributed by atoms with van der Waals surface area (Å²) in [6.45, 7) is 8.03. The molecule has 1 aromatic rings. The molecule has 1 unspecified atom stereocenters. The van der Waals surface area contributed by atoms with Crippen molar-refractivity contribution in [2.24, 2.45) is 0 Å². The molecule has 0 amide bonds. The number of rotatable bonds is 6. The summed E-state index contributed by atoms with van der Waals surface area (Å²) in [4.78, 5) is 2.32. The quantitative estimate of drug-likeness (QED) is 0.790. The number of ether oxygens (including phenoxy) is 1. The van der Waals surface area contributed by atoms with E-state index in [1.54, 1.807) is 0 Å². The fraction of sp³-hybridized carbons (Fsp3) is 0.562. The van der Waals surface area contributed by atoms with Gasteiger partial charge in [0, 0.05) is 37.6 Å². The normalized spacial score (nSPS) is 17.5. The van der Waals surface area contributed by atoms with E-state index in [1.165, 1.54) is 5.69 Å². The zero-order chi connectivity index (χ0) is 15.1. The molecular formula is C16H25N3OS. The van der Waals surface area contributed by atoms with Crippen LogP contribution in [0.25, 0.3) is 0 Å². The second-order valence-electron chi connectivity index (χ2n) is 5.19. The third-order valence-electron chi connectivity index (χ3n) is 3.77. The van der Waals surface area contributed by atoms with Crippen LogP contribution in [0, 0.1) is 0 Å². The van der Waals surface area contributed by atoms with Crippen LogP contribution in [0.1, 0.15) is 26.7 Å². The lowest BCUT2D eigenvalue weighted by Crippen LogP contribution is -2.34. The lowest BCUT2D eigenvalue weighted by atomic mass is 10.2. The molecule has 1 atom stereocenters. The number of nitrogens with one attached hydrogen (secondary N) is 2. The molecule has 2 rings (SSSR count). The van der Waals surface area contributed by atoms with Gasteiger partial charge in [-0.3, -0.25) is 0 Å². The molecule has 0 aromatic heterocycles. The first-order valence-corrected chi connectivity index (χ1v) is 8.15. The Balaban J connectivity index is 1.80. The lowest BCUT2D eigenvalue weighted by molar-refractivity contribution is 0.114. The van der Waals surface area contributed by atoms with Crippen LogP contribution in [-0.4, -0.2) is 37.5 Å². The Bertz CT molecular complexity index is 439. The van der Waals surface area contributed by atoms with Crippen molar-refractivity contribution in [2.75, 3.05) is 36.5 Å². The fourth-order valence-electron chi connectivity index (χ4n) is 2.53. The van der Waals surface area contributed by atoms with Gasteiger partial charge < -0.3 is 20.3 Å². The maximum absolute atomic E-state index is 5.56. The lowest BCUT2D eigenvalue weighted by Gasteiger charge is -2.21. The second-order valence-corrected chi connectivity index (χ2v) is 5.60. The van der Waals surface area contributed by atoms with Gasteiger partial charge in [0.25, 0.3) is 0 Å². The highest BCUT2D eigenvalue weighted by atomic mass is 32.1. The van der Waals surface area contributed by atoms with E-state index in [2.05, 4.69) is 53.6 Å². The number of benzene rings is 1. The summed E-state index contributed by atoms with van der Waals surface area (Å²) >= 11 is 5.31. The van der Waals surface area contributed by atoms with Gasteiger partial charge in [-0.1, -0.05) is 0 Å². The zero-order valence-electron chi connectivity index (χ0n) is 12.9. The predicted octanol–water partition coefficient (Wildman–Crippen LogP) is 3.00. The van der Waals surface area contributed by atoms with E-state index in [0.29, 0.717) is 11.2 Å². The van der Waals surface area contributed by atoms with E-state index in [1.807, 2.05) is 0 Å². The summed E-state index contributed by atoms with van der Waals surface area (Å²) in [5.41, 5.74) is 2.25. The van der Waals surface area contributed by atoms with Crippen molar-refractivity contribution in [3.63, 3.8) is 0 Å². The minimum Gasteiger partial charge on any atom is -0.376 e. The topological polar surface area (TPSA) is 36.5 Å². The summed E-state index contributed by atoms with van der Waals surface area (Å²) in [5.74, 6) is 0. The average molecular weight is 307 g/mol. The van der Waals surface area contributed by atoms with Gasteiger partial charge in [-0.15, -0.1) is 0 Å². The number of nitrogens with zero attached hydrogens (tertiary/aromatic N) is 1. The Morgan fingerprint density at radius 1 is 1.29 bits per heavy atom. The van der Waals surface area contributed by atoms with Crippen molar-refractivity contribution >= 4 is 28.7 Å². The van der Waals surface area contributed by atoms with Crippen LogP contribution in [-0.2, 0) is 4.74 Å². The molecule has 1 saturated heterocycles. The van der Waals surface area contributed by atoms with E-state index < -0.39 is 0 Å². The molecule has 0 bridgehead atoms. The monoisotopic (exact) mass is 307 g/mol. The number of thiocarbonyl (C=S) groups is 1. The molecule has 1 fully saturated rings. The first-order valence-electron chi connectivity index (χ1n) is 7.74. The van der Waals surface area contributed by atoms with Gasteiger partial charge in [0.15, 0.2) is 5.11 Å². The van der Waals surface area contributed by atoms with Crippen LogP contribution in [0.4, 0.5) is 11.4 Å². The van der Waals surface area contributed by atoms with Gasteiger partial charge >= 0.3 is 0 Å². The highest BCUT2D eigenvalue weighted by Crippen LogP contribution is 2.17. The van der Waals surface area contributed by atoms with Crippen LogP contribution in [0.2, 0.25) is 0 Å². The summed E-state index contributed by atoms with van der Waals surface area (Å²) in [7, 11) is 0. The molecule has 0 spiro atoms. The van der Waals surface area contributed by atoms with Crippen LogP contribution < -0.4 is 15.5 Å². The van der Waals surface area contributed by atoms with Crippen molar-refractivity contribution in [3.05, 3.63) is 24.3 Å². The molecule has 1 aromatic carbocycles. The molecule has 21 heavy (non-hydrogen) atoms. The smallest absolute Gasteiger partial charge is 0.170 e. The van der Waals surface area contributed by atoms with Crippen molar-refractivity contribution in [2.45, 2.75) is 32.8 Å². The van der Waals surface area contributed by atoms with Crippen molar-refractivity contribution in [1.82, 2.24) is 5.32 Å². The molecule has 1 aliphatic heterocycles. The van der Waals surface area contributed by atoms with E-state index >= 15 is 0 Å². The molecule has 1 heterocycles. The molecule has 2 N–H and O–H groups in total. The molecule has 1 aliphatic rings. The molecule has 0 aliphatic carbocycles.